The molecule has 0 heterocycles. The average molecular weight is 249 g/mol. The summed E-state index contributed by atoms with van der Waals surface area (Å²) in [7, 11) is 0. The molecule has 0 aliphatic heterocycles. The van der Waals surface area contributed by atoms with Gasteiger partial charge in [0.1, 0.15) is 11.8 Å². The molecule has 0 N–H and O–H groups in total. The van der Waals surface area contributed by atoms with Crippen molar-refractivity contribution in [2.24, 2.45) is 5.92 Å². The number of rotatable bonds is 7. The summed E-state index contributed by atoms with van der Waals surface area (Å²) in [5.41, 5.74) is 0.613. The zero-order valence-corrected chi connectivity index (χ0v) is 11.3. The number of para-hydroxylation sites is 1. The Morgan fingerprint density at radius 2 is 2.12 bits per heavy atom. The maximum atomic E-state index is 8.89. The Bertz CT molecular complexity index is 371. The van der Waals surface area contributed by atoms with E-state index in [1.165, 1.54) is 5.75 Å². The lowest BCUT2D eigenvalue weighted by Crippen LogP contribution is -2.01. The molecular formula is C14H19NOS. The third kappa shape index (κ3) is 5.65. The van der Waals surface area contributed by atoms with Crippen LogP contribution in [0.3, 0.4) is 0 Å². The molecule has 0 aliphatic carbocycles. The van der Waals surface area contributed by atoms with Crippen molar-refractivity contribution < 1.29 is 4.74 Å². The highest BCUT2D eigenvalue weighted by Gasteiger charge is 2.01. The fourth-order valence-corrected chi connectivity index (χ4v) is 2.31. The predicted octanol–water partition coefficient (Wildman–Crippen LogP) is 3.72. The van der Waals surface area contributed by atoms with Crippen molar-refractivity contribution >= 4 is 11.8 Å². The molecule has 0 atom stereocenters. The molecule has 0 aromatic heterocycles. The first-order valence-corrected chi connectivity index (χ1v) is 7.09. The van der Waals surface area contributed by atoms with Crippen molar-refractivity contribution in [2.75, 3.05) is 18.1 Å². The van der Waals surface area contributed by atoms with Gasteiger partial charge < -0.3 is 4.74 Å². The number of benzene rings is 1. The molecule has 3 heteroatoms. The molecule has 0 spiro atoms. The highest BCUT2D eigenvalue weighted by molar-refractivity contribution is 7.99. The zero-order chi connectivity index (χ0) is 12.5. The van der Waals surface area contributed by atoms with E-state index in [1.807, 2.05) is 30.0 Å². The van der Waals surface area contributed by atoms with Crippen LogP contribution >= 0.6 is 11.8 Å². The quantitative estimate of drug-likeness (QED) is 0.690. The van der Waals surface area contributed by atoms with Crippen LogP contribution in [0.4, 0.5) is 0 Å². The molecule has 1 aromatic rings. The second kappa shape index (κ2) is 8.03. The highest BCUT2D eigenvalue weighted by Crippen LogP contribution is 2.17. The van der Waals surface area contributed by atoms with Crippen molar-refractivity contribution in [3.63, 3.8) is 0 Å². The van der Waals surface area contributed by atoms with Gasteiger partial charge in [-0.1, -0.05) is 26.0 Å². The van der Waals surface area contributed by atoms with Crippen molar-refractivity contribution in [2.45, 2.75) is 20.3 Å². The van der Waals surface area contributed by atoms with Crippen LogP contribution in [0.15, 0.2) is 24.3 Å². The summed E-state index contributed by atoms with van der Waals surface area (Å²) in [5.74, 6) is 3.77. The van der Waals surface area contributed by atoms with E-state index in [4.69, 9.17) is 10.00 Å². The first-order chi connectivity index (χ1) is 8.24. The molecular weight excluding hydrogens is 230 g/mol. The molecule has 1 rings (SSSR count). The summed E-state index contributed by atoms with van der Waals surface area (Å²) in [5, 5.41) is 8.89. The minimum atomic E-state index is 0.613. The summed E-state index contributed by atoms with van der Waals surface area (Å²) < 4.78 is 5.60. The molecule has 0 amide bonds. The number of hydrogen-bond donors (Lipinski definition) is 0. The lowest BCUT2D eigenvalue weighted by molar-refractivity contribution is 0.318. The summed E-state index contributed by atoms with van der Waals surface area (Å²) in [4.78, 5) is 0. The third-order valence-electron chi connectivity index (χ3n) is 2.15. The molecule has 0 aliphatic rings. The Morgan fingerprint density at radius 3 is 2.82 bits per heavy atom. The second-order valence-corrected chi connectivity index (χ2v) is 5.43. The molecule has 0 bridgehead atoms. The molecule has 1 aromatic carbocycles. The lowest BCUT2D eigenvalue weighted by Gasteiger charge is -2.08. The largest absolute Gasteiger partial charge is 0.492 e. The van der Waals surface area contributed by atoms with E-state index in [0.29, 0.717) is 17.9 Å². The lowest BCUT2D eigenvalue weighted by atomic mass is 10.2. The standard InChI is InChI=1S/C14H19NOS/c1-12(2)11-17-9-5-8-16-14-7-4-3-6-13(14)10-15/h3-4,6-7,12H,5,8-9,11H2,1-2H3. The van der Waals surface area contributed by atoms with Crippen molar-refractivity contribution in [3.05, 3.63) is 29.8 Å². The summed E-state index contributed by atoms with van der Waals surface area (Å²) in [6.45, 7) is 5.14. The van der Waals surface area contributed by atoms with Crippen molar-refractivity contribution in [3.8, 4) is 11.8 Å². The van der Waals surface area contributed by atoms with E-state index in [2.05, 4.69) is 19.9 Å². The van der Waals surface area contributed by atoms with Gasteiger partial charge in [0.2, 0.25) is 0 Å². The maximum Gasteiger partial charge on any atom is 0.137 e. The summed E-state index contributed by atoms with van der Waals surface area (Å²) in [6.07, 6.45) is 1.02. The van der Waals surface area contributed by atoms with Crippen LogP contribution in [0.2, 0.25) is 0 Å². The number of ether oxygens (including phenoxy) is 1. The molecule has 0 saturated heterocycles. The van der Waals surface area contributed by atoms with Gasteiger partial charge in [-0.15, -0.1) is 0 Å². The smallest absolute Gasteiger partial charge is 0.137 e. The predicted molar refractivity (Wildman–Crippen MR) is 73.4 cm³/mol. The third-order valence-corrected chi connectivity index (χ3v) is 3.63. The first-order valence-electron chi connectivity index (χ1n) is 5.93. The van der Waals surface area contributed by atoms with Gasteiger partial charge >= 0.3 is 0 Å². The zero-order valence-electron chi connectivity index (χ0n) is 10.5. The van der Waals surface area contributed by atoms with E-state index < -0.39 is 0 Å². The fraction of sp³-hybridized carbons (Fsp3) is 0.500. The number of nitriles is 1. The fourth-order valence-electron chi connectivity index (χ4n) is 1.35. The van der Waals surface area contributed by atoms with Gasteiger partial charge in [-0.3, -0.25) is 0 Å². The van der Waals surface area contributed by atoms with Gasteiger partial charge in [0.05, 0.1) is 12.2 Å². The monoisotopic (exact) mass is 249 g/mol. The van der Waals surface area contributed by atoms with E-state index in [9.17, 15) is 0 Å². The van der Waals surface area contributed by atoms with E-state index >= 15 is 0 Å². The van der Waals surface area contributed by atoms with Crippen LogP contribution in [0, 0.1) is 17.2 Å². The summed E-state index contributed by atoms with van der Waals surface area (Å²) >= 11 is 1.96. The van der Waals surface area contributed by atoms with Gasteiger partial charge in [0.25, 0.3) is 0 Å². The first kappa shape index (κ1) is 13.9. The van der Waals surface area contributed by atoms with Crippen LogP contribution in [0.1, 0.15) is 25.8 Å². The molecule has 0 radical (unpaired) electrons. The van der Waals surface area contributed by atoms with E-state index in [-0.39, 0.29) is 0 Å². The minimum absolute atomic E-state index is 0.613. The van der Waals surface area contributed by atoms with Crippen LogP contribution < -0.4 is 4.74 Å². The van der Waals surface area contributed by atoms with Gasteiger partial charge in [0, 0.05) is 0 Å². The maximum absolute atomic E-state index is 8.89. The Kier molecular flexibility index (Phi) is 6.57. The van der Waals surface area contributed by atoms with E-state index in [0.717, 1.165) is 18.1 Å². The van der Waals surface area contributed by atoms with Gasteiger partial charge in [-0.2, -0.15) is 17.0 Å². The topological polar surface area (TPSA) is 33.0 Å². The van der Waals surface area contributed by atoms with Crippen LogP contribution in [-0.2, 0) is 0 Å². The Balaban J connectivity index is 2.20. The van der Waals surface area contributed by atoms with Crippen LogP contribution in [0.5, 0.6) is 5.75 Å². The molecule has 2 nitrogen and oxygen atoms in total. The van der Waals surface area contributed by atoms with Gasteiger partial charge in [-0.05, 0) is 36.0 Å². The number of hydrogen-bond acceptors (Lipinski definition) is 3. The average Bonchev–Trinajstić information content (AvgIpc) is 2.33. The SMILES string of the molecule is CC(C)CSCCCOc1ccccc1C#N. The molecule has 92 valence electrons. The molecule has 17 heavy (non-hydrogen) atoms. The van der Waals surface area contributed by atoms with Crippen LogP contribution in [-0.4, -0.2) is 18.1 Å². The van der Waals surface area contributed by atoms with Gasteiger partial charge in [0.15, 0.2) is 0 Å². The van der Waals surface area contributed by atoms with E-state index in [1.54, 1.807) is 6.07 Å². The molecule has 0 saturated carbocycles. The minimum Gasteiger partial charge on any atom is -0.492 e. The van der Waals surface area contributed by atoms with Gasteiger partial charge in [-0.25, -0.2) is 0 Å². The summed E-state index contributed by atoms with van der Waals surface area (Å²) in [6, 6.07) is 9.50. The molecule has 0 fully saturated rings. The highest BCUT2D eigenvalue weighted by atomic mass is 32.2. The Labute approximate surface area is 108 Å². The van der Waals surface area contributed by atoms with Crippen molar-refractivity contribution in [1.29, 1.82) is 5.26 Å². The Hall–Kier alpha value is -1.14. The second-order valence-electron chi connectivity index (χ2n) is 4.28. The Morgan fingerprint density at radius 1 is 1.35 bits per heavy atom. The van der Waals surface area contributed by atoms with Crippen molar-refractivity contribution in [1.82, 2.24) is 0 Å². The normalized spacial score (nSPS) is 10.2. The number of nitrogens with zero attached hydrogens (tertiary/aromatic N) is 1. The molecule has 0 unspecified atom stereocenters. The number of thioether (sulfide) groups is 1. The van der Waals surface area contributed by atoms with Crippen LogP contribution in [0.25, 0.3) is 0 Å².